The number of allylic oxidation sites excluding steroid dienone is 2. The van der Waals surface area contributed by atoms with Crippen LogP contribution >= 0.6 is 23.2 Å². The van der Waals surface area contributed by atoms with Gasteiger partial charge in [0.25, 0.3) is 0 Å². The van der Waals surface area contributed by atoms with Crippen LogP contribution in [0.15, 0.2) is 29.8 Å². The summed E-state index contributed by atoms with van der Waals surface area (Å²) in [6.45, 7) is 8.65. The van der Waals surface area contributed by atoms with Crippen LogP contribution in [0.25, 0.3) is 0 Å². The summed E-state index contributed by atoms with van der Waals surface area (Å²) in [7, 11) is 9.14. The van der Waals surface area contributed by atoms with Gasteiger partial charge in [-0.05, 0) is 139 Å². The Morgan fingerprint density at radius 3 is 2.32 bits per heavy atom. The van der Waals surface area contributed by atoms with E-state index in [1.807, 2.05) is 26.0 Å². The van der Waals surface area contributed by atoms with Crippen molar-refractivity contribution in [1.29, 1.82) is 0 Å². The molecule has 0 radical (unpaired) electrons. The Hall–Kier alpha value is -1.68. The quantitative estimate of drug-likeness (QED) is 0.206. The molecular weight excluding hydrogens is 835 g/mol. The van der Waals surface area contributed by atoms with E-state index in [0.29, 0.717) is 35.5 Å². The summed E-state index contributed by atoms with van der Waals surface area (Å²) in [5.74, 6) is -0.485. The van der Waals surface area contributed by atoms with E-state index in [1.54, 1.807) is 27.4 Å². The van der Waals surface area contributed by atoms with Gasteiger partial charge in [-0.2, -0.15) is 0 Å². The van der Waals surface area contributed by atoms with E-state index >= 15 is 4.79 Å². The third kappa shape index (κ3) is 10.5. The predicted octanol–water partition coefficient (Wildman–Crippen LogP) is 7.79. The summed E-state index contributed by atoms with van der Waals surface area (Å²) in [5.41, 5.74) is 1.63. The second-order valence-corrected chi connectivity index (χ2v) is 20.0. The Morgan fingerprint density at radius 2 is 1.63 bits per heavy atom. The Balaban J connectivity index is 1.19. The minimum atomic E-state index is -0.645. The molecule has 2 saturated carbocycles. The molecule has 5 fully saturated rings. The van der Waals surface area contributed by atoms with Crippen LogP contribution in [-0.2, 0) is 54.0 Å². The molecule has 1 N–H and O–H groups in total. The zero-order valence-electron chi connectivity index (χ0n) is 38.3. The highest BCUT2D eigenvalue weighted by Gasteiger charge is 2.57. The van der Waals surface area contributed by atoms with Gasteiger partial charge in [0.15, 0.2) is 18.4 Å². The van der Waals surface area contributed by atoms with Crippen LogP contribution in [0, 0.1) is 35.5 Å². The van der Waals surface area contributed by atoms with Crippen molar-refractivity contribution >= 4 is 35.0 Å². The van der Waals surface area contributed by atoms with Gasteiger partial charge < -0.3 is 48.1 Å². The van der Waals surface area contributed by atoms with Crippen molar-refractivity contribution in [3.05, 3.63) is 45.5 Å². The van der Waals surface area contributed by atoms with Crippen molar-refractivity contribution in [3.63, 3.8) is 0 Å². The highest BCUT2D eigenvalue weighted by Crippen LogP contribution is 2.57. The number of fused-ring (bicyclic) bond motifs is 5. The molecule has 14 heteroatoms. The number of Topliss-reactive ketones (excluding diaryl/α,β-unsaturated/α-hetero) is 1. The predicted molar refractivity (Wildman–Crippen MR) is 237 cm³/mol. The second kappa shape index (κ2) is 21.3. The van der Waals surface area contributed by atoms with Crippen molar-refractivity contribution in [1.82, 2.24) is 10.2 Å². The van der Waals surface area contributed by atoms with Gasteiger partial charge >= 0.3 is 5.97 Å². The largest absolute Gasteiger partial charge is 0.462 e. The molecule has 0 aromatic heterocycles. The first-order chi connectivity index (χ1) is 29.7. The maximum absolute atomic E-state index is 15.2. The number of hydrogen-bond donors (Lipinski definition) is 1. The molecule has 348 valence electrons. The monoisotopic (exact) mass is 906 g/mol. The maximum Gasteiger partial charge on any atom is 0.306 e. The van der Waals surface area contributed by atoms with Crippen LogP contribution in [0.3, 0.4) is 0 Å². The van der Waals surface area contributed by atoms with Crippen LogP contribution in [-0.4, -0.2) is 126 Å². The zero-order valence-corrected chi connectivity index (χ0v) is 39.8. The Bertz CT molecular complexity index is 1720. The third-order valence-electron chi connectivity index (χ3n) is 15.3. The summed E-state index contributed by atoms with van der Waals surface area (Å²) < 4.78 is 50.4. The lowest BCUT2D eigenvalue weighted by molar-refractivity contribution is -0.314. The number of carbonyl (C=O) groups is 2. The van der Waals surface area contributed by atoms with E-state index in [1.165, 1.54) is 0 Å². The topological polar surface area (TPSA) is 123 Å². The Morgan fingerprint density at radius 1 is 0.871 bits per heavy atom. The number of ether oxygens (including phenoxy) is 8. The number of halogens is 2. The zero-order chi connectivity index (χ0) is 44.4. The number of hydrogen-bond acceptors (Lipinski definition) is 12. The van der Waals surface area contributed by atoms with Crippen molar-refractivity contribution in [3.8, 4) is 0 Å². The minimum Gasteiger partial charge on any atom is -0.462 e. The van der Waals surface area contributed by atoms with Gasteiger partial charge in [0.2, 0.25) is 0 Å². The Kier molecular flexibility index (Phi) is 16.6. The van der Waals surface area contributed by atoms with Gasteiger partial charge in [0.05, 0.1) is 30.8 Å². The fourth-order valence-corrected chi connectivity index (χ4v) is 12.5. The van der Waals surface area contributed by atoms with Crippen LogP contribution < -0.4 is 5.32 Å². The average Bonchev–Trinajstić information content (AvgIpc) is 3.82. The lowest BCUT2D eigenvalue weighted by Crippen LogP contribution is -2.59. The van der Waals surface area contributed by atoms with Gasteiger partial charge in [-0.25, -0.2) is 0 Å². The number of esters is 1. The molecule has 4 unspecified atom stereocenters. The third-order valence-corrected chi connectivity index (χ3v) is 15.9. The van der Waals surface area contributed by atoms with E-state index in [0.717, 1.165) is 56.1 Å². The highest BCUT2D eigenvalue weighted by molar-refractivity contribution is 6.33. The first-order valence-corrected chi connectivity index (χ1v) is 24.0. The summed E-state index contributed by atoms with van der Waals surface area (Å²) in [4.78, 5) is 31.4. The van der Waals surface area contributed by atoms with Gasteiger partial charge in [0, 0.05) is 61.8 Å². The molecule has 18 atom stereocenters. The van der Waals surface area contributed by atoms with E-state index < -0.39 is 18.3 Å². The molecule has 7 rings (SSSR count). The fraction of sp³-hybridized carbons (Fsp3) is 0.792. The fourth-order valence-electron chi connectivity index (χ4n) is 12.2. The van der Waals surface area contributed by atoms with E-state index in [-0.39, 0.29) is 103 Å². The first kappa shape index (κ1) is 48.3. The number of rotatable bonds is 12. The summed E-state index contributed by atoms with van der Waals surface area (Å²) in [6, 6.07) is 5.79. The van der Waals surface area contributed by atoms with Crippen LogP contribution in [0.5, 0.6) is 0 Å². The van der Waals surface area contributed by atoms with Crippen molar-refractivity contribution in [2.24, 2.45) is 35.5 Å². The van der Waals surface area contributed by atoms with Gasteiger partial charge in [-0.15, -0.1) is 0 Å². The molecule has 12 nitrogen and oxygen atoms in total. The molecule has 3 aliphatic carbocycles. The van der Waals surface area contributed by atoms with Crippen molar-refractivity contribution in [2.75, 3.05) is 35.4 Å². The molecule has 3 heterocycles. The van der Waals surface area contributed by atoms with Crippen molar-refractivity contribution < 1.29 is 47.5 Å². The average molecular weight is 908 g/mol. The lowest BCUT2D eigenvalue weighted by atomic mass is 9.63. The molecule has 1 aromatic rings. The number of nitrogens with one attached hydrogen (secondary N) is 1. The number of cyclic esters (lactones) is 1. The van der Waals surface area contributed by atoms with Crippen LogP contribution in [0.1, 0.15) is 97.5 Å². The molecule has 1 aromatic carbocycles. The second-order valence-electron chi connectivity index (χ2n) is 19.2. The number of likely N-dealkylation sites (N-methyl/N-ethyl adjacent to an activating group) is 1. The molecule has 0 amide bonds. The van der Waals surface area contributed by atoms with Crippen LogP contribution in [0.2, 0.25) is 10.0 Å². The lowest BCUT2D eigenvalue weighted by Gasteiger charge is -2.44. The standard InChI is InChI=1S/C48H72Cl2N2O10/c1-10-31-12-11-13-40(62-42-17-16-39(52(5)6)26(3)58-42)25(2)44(54)36-22-34-33-21-32(61-48-47(57-9)46(56-8)45(55-7)27(4)59-48)19-28(33)20-38(43(34)35(36)23-41(53)60-31)51-24-29-18-30(49)14-15-37(29)50/h14-15,18,22,25-28,31-35,38-40,42-43,45-48,51H,10-13,16-17,19-21,23-24H2,1-9H3/t25-,26?,27?,28+,31+,32-,33-,34+,35-,38+,39+,40+,42+,43-,45+,46?,47?,48+/m1/s1. The van der Waals surface area contributed by atoms with E-state index in [9.17, 15) is 4.79 Å². The molecule has 0 spiro atoms. The number of benzene rings is 1. The van der Waals surface area contributed by atoms with E-state index in [4.69, 9.17) is 61.1 Å². The Labute approximate surface area is 379 Å². The normalized spacial score (nSPS) is 41.7. The molecular formula is C48H72Cl2N2O10. The number of ketones is 1. The molecule has 62 heavy (non-hydrogen) atoms. The van der Waals surface area contributed by atoms with Crippen LogP contribution in [0.4, 0.5) is 0 Å². The van der Waals surface area contributed by atoms with E-state index in [2.05, 4.69) is 44.2 Å². The van der Waals surface area contributed by atoms with Gasteiger partial charge in [-0.3, -0.25) is 9.59 Å². The molecule has 3 saturated heterocycles. The maximum atomic E-state index is 15.2. The summed E-state index contributed by atoms with van der Waals surface area (Å²) in [5, 5.41) is 5.14. The van der Waals surface area contributed by atoms with Gasteiger partial charge in [-0.1, -0.05) is 43.1 Å². The molecule has 3 aliphatic heterocycles. The highest BCUT2D eigenvalue weighted by atomic mass is 35.5. The smallest absolute Gasteiger partial charge is 0.306 e. The SMILES string of the molecule is CC[C@H]1CCC[C@H](O[C@H]2CC[C@H](N(C)C)C(C)O2)[C@@H](C)C(=O)C2=C[C@H]3[C@@H]4C[C@H](O[C@@H]5OC(C)[C@H](OC)C(OC)C5OC)C[C@H]4C[C@H](NCc4cc(Cl)ccc4Cl)[C@H]3[C@@H]2CC(=O)O1. The summed E-state index contributed by atoms with van der Waals surface area (Å²) in [6.07, 6.45) is 6.32. The van der Waals surface area contributed by atoms with Gasteiger partial charge in [0.1, 0.15) is 24.4 Å². The minimum absolute atomic E-state index is 0.00506. The van der Waals surface area contributed by atoms with Crippen molar-refractivity contribution in [2.45, 2.75) is 172 Å². The first-order valence-electron chi connectivity index (χ1n) is 23.2. The number of nitrogens with zero attached hydrogens (tertiary/aromatic N) is 1. The molecule has 6 aliphatic rings. The number of methoxy groups -OCH3 is 3. The summed E-state index contributed by atoms with van der Waals surface area (Å²) >= 11 is 13.2. The number of carbonyl (C=O) groups excluding carboxylic acids is 2. The molecule has 0 bridgehead atoms.